The van der Waals surface area contributed by atoms with Gasteiger partial charge in [-0.05, 0) is 35.9 Å². The van der Waals surface area contributed by atoms with Crippen molar-refractivity contribution in [3.8, 4) is 0 Å². The maximum absolute atomic E-state index is 11.9. The molecule has 0 saturated carbocycles. The van der Waals surface area contributed by atoms with Crippen LogP contribution in [-0.4, -0.2) is 20.4 Å². The molecule has 10 heteroatoms. The van der Waals surface area contributed by atoms with Gasteiger partial charge in [0, 0.05) is 5.69 Å². The first-order valence-electron chi connectivity index (χ1n) is 6.98. The van der Waals surface area contributed by atoms with E-state index in [0.29, 0.717) is 6.08 Å². The number of nitrogen functional groups attached to an aromatic ring is 1. The molecule has 0 unspecified atom stereocenters. The van der Waals surface area contributed by atoms with E-state index in [1.54, 1.807) is 0 Å². The average Bonchev–Trinajstić information content (AvgIpc) is 2.59. The van der Waals surface area contributed by atoms with Crippen LogP contribution in [0.15, 0.2) is 65.6 Å². The summed E-state index contributed by atoms with van der Waals surface area (Å²) in [6.45, 7) is 0. The van der Waals surface area contributed by atoms with Gasteiger partial charge in [0.15, 0.2) is 0 Å². The number of sulfonamides is 1. The predicted molar refractivity (Wildman–Crippen MR) is 92.2 cm³/mol. The normalized spacial score (nSPS) is 11.6. The highest BCUT2D eigenvalue weighted by Gasteiger charge is 2.35. The van der Waals surface area contributed by atoms with E-state index < -0.39 is 22.0 Å². The summed E-state index contributed by atoms with van der Waals surface area (Å²) in [5, 5.41) is 4.84. The van der Waals surface area contributed by atoms with Crippen molar-refractivity contribution in [1.29, 1.82) is 0 Å². The Bertz CT molecular complexity index is 850. The number of halogens is 3. The Morgan fingerprint density at radius 3 is 1.92 bits per heavy atom. The van der Waals surface area contributed by atoms with Crippen molar-refractivity contribution in [2.75, 3.05) is 5.43 Å². The molecule has 0 amide bonds. The Labute approximate surface area is 148 Å². The zero-order chi connectivity index (χ0) is 19.8. The molecule has 2 aromatic rings. The summed E-state index contributed by atoms with van der Waals surface area (Å²) in [6.07, 6.45) is -3.62. The molecular formula is C16H16F3N3O3S. The molecule has 6 nitrogen and oxygen atoms in total. The van der Waals surface area contributed by atoms with Crippen molar-refractivity contribution in [2.24, 2.45) is 11.0 Å². The number of primary sulfonamides is 1. The van der Waals surface area contributed by atoms with E-state index in [1.165, 1.54) is 12.1 Å². The van der Waals surface area contributed by atoms with E-state index in [4.69, 9.17) is 11.0 Å². The van der Waals surface area contributed by atoms with Gasteiger partial charge >= 0.3 is 6.18 Å². The Balaban J connectivity index is 0.000000350. The lowest BCUT2D eigenvalue weighted by molar-refractivity contribution is -0.165. The molecular weight excluding hydrogens is 371 g/mol. The second-order valence-corrected chi connectivity index (χ2v) is 6.38. The van der Waals surface area contributed by atoms with Crippen molar-refractivity contribution in [2.45, 2.75) is 11.1 Å². The smallest absolute Gasteiger partial charge is 0.324 e. The predicted octanol–water partition coefficient (Wildman–Crippen LogP) is 2.45. The topological polar surface area (TPSA) is 115 Å². The minimum atomic E-state index is -4.92. The van der Waals surface area contributed by atoms with Crippen LogP contribution in [0.25, 0.3) is 6.08 Å². The number of hydrogen-bond acceptors (Lipinski definition) is 5. The highest BCUT2D eigenvalue weighted by molar-refractivity contribution is 7.89. The molecule has 0 aromatic heterocycles. The SMILES string of the molecule is NNc1ccccc1.NS(=O)(=O)c1ccc(/C=C/C(=O)C(F)(F)F)cc1. The van der Waals surface area contributed by atoms with Gasteiger partial charge in [-0.25, -0.2) is 13.6 Å². The molecule has 0 heterocycles. The number of allylic oxidation sites excluding steroid dienone is 1. The van der Waals surface area contributed by atoms with Gasteiger partial charge in [0.05, 0.1) is 4.90 Å². The van der Waals surface area contributed by atoms with Crippen LogP contribution in [0.5, 0.6) is 0 Å². The van der Waals surface area contributed by atoms with Crippen LogP contribution in [0.1, 0.15) is 5.56 Å². The summed E-state index contributed by atoms with van der Waals surface area (Å²) in [4.78, 5) is 10.4. The first kappa shape index (κ1) is 21.4. The van der Waals surface area contributed by atoms with Gasteiger partial charge in [-0.15, -0.1) is 0 Å². The van der Waals surface area contributed by atoms with Gasteiger partial charge in [0.2, 0.25) is 10.0 Å². The molecule has 0 aliphatic heterocycles. The van der Waals surface area contributed by atoms with Crippen LogP contribution < -0.4 is 16.4 Å². The Morgan fingerprint density at radius 2 is 1.54 bits per heavy atom. The summed E-state index contributed by atoms with van der Waals surface area (Å²) < 4.78 is 57.4. The number of benzene rings is 2. The minimum absolute atomic E-state index is 0.165. The lowest BCUT2D eigenvalue weighted by atomic mass is 10.2. The molecule has 0 spiro atoms. The molecule has 0 bridgehead atoms. The summed E-state index contributed by atoms with van der Waals surface area (Å²) in [7, 11) is -3.85. The molecule has 0 saturated heterocycles. The fourth-order valence-electron chi connectivity index (χ4n) is 1.57. The van der Waals surface area contributed by atoms with Gasteiger partial charge in [-0.1, -0.05) is 36.4 Å². The van der Waals surface area contributed by atoms with Gasteiger partial charge in [0.1, 0.15) is 0 Å². The quantitative estimate of drug-likeness (QED) is 0.423. The molecule has 0 aliphatic rings. The van der Waals surface area contributed by atoms with Gasteiger partial charge in [-0.2, -0.15) is 13.2 Å². The number of para-hydroxylation sites is 1. The number of hydrogen-bond donors (Lipinski definition) is 3. The molecule has 140 valence electrons. The van der Waals surface area contributed by atoms with Crippen molar-refractivity contribution >= 4 is 27.6 Å². The van der Waals surface area contributed by atoms with Crippen molar-refractivity contribution < 1.29 is 26.4 Å². The number of carbonyl (C=O) groups excluding carboxylic acids is 1. The third-order valence-electron chi connectivity index (χ3n) is 2.86. The van der Waals surface area contributed by atoms with Gasteiger partial charge in [-0.3, -0.25) is 10.6 Å². The number of hydrazine groups is 1. The number of alkyl halides is 3. The maximum atomic E-state index is 11.9. The fourth-order valence-corrected chi connectivity index (χ4v) is 2.08. The number of anilines is 1. The highest BCUT2D eigenvalue weighted by Crippen LogP contribution is 2.17. The van der Waals surface area contributed by atoms with Gasteiger partial charge in [0.25, 0.3) is 5.78 Å². The van der Waals surface area contributed by atoms with Gasteiger partial charge < -0.3 is 5.43 Å². The zero-order valence-corrected chi connectivity index (χ0v) is 14.1. The van der Waals surface area contributed by atoms with Crippen LogP contribution in [0.4, 0.5) is 18.9 Å². The molecule has 0 radical (unpaired) electrons. The highest BCUT2D eigenvalue weighted by atomic mass is 32.2. The van der Waals surface area contributed by atoms with E-state index in [-0.39, 0.29) is 10.5 Å². The van der Waals surface area contributed by atoms with Crippen LogP contribution in [0.2, 0.25) is 0 Å². The maximum Gasteiger partial charge on any atom is 0.454 e. The van der Waals surface area contributed by atoms with Crippen LogP contribution in [0, 0.1) is 0 Å². The first-order valence-corrected chi connectivity index (χ1v) is 8.52. The molecule has 2 rings (SSSR count). The zero-order valence-electron chi connectivity index (χ0n) is 13.3. The van der Waals surface area contributed by atoms with Crippen molar-refractivity contribution in [1.82, 2.24) is 0 Å². The molecule has 0 fully saturated rings. The first-order chi connectivity index (χ1) is 12.0. The summed E-state index contributed by atoms with van der Waals surface area (Å²) in [5.41, 5.74) is 3.71. The largest absolute Gasteiger partial charge is 0.454 e. The molecule has 26 heavy (non-hydrogen) atoms. The standard InChI is InChI=1S/C10H8F3NO3S.C6H8N2/c11-10(12,13)9(15)6-3-7-1-4-8(5-2-7)18(14,16)17;7-8-6-4-2-1-3-5-6/h1-6H,(H2,14,16,17);1-5,8H,7H2/b6-3+;. The Kier molecular flexibility index (Phi) is 7.50. The number of ketones is 1. The number of carbonyl (C=O) groups is 1. The lowest BCUT2D eigenvalue weighted by Crippen LogP contribution is -2.19. The summed E-state index contributed by atoms with van der Waals surface area (Å²) in [6, 6.07) is 14.3. The van der Waals surface area contributed by atoms with E-state index in [9.17, 15) is 26.4 Å². The van der Waals surface area contributed by atoms with E-state index in [2.05, 4.69) is 5.43 Å². The molecule has 0 atom stereocenters. The third kappa shape index (κ3) is 7.47. The summed E-state index contributed by atoms with van der Waals surface area (Å²) >= 11 is 0. The molecule has 5 N–H and O–H groups in total. The summed E-state index contributed by atoms with van der Waals surface area (Å²) in [5.74, 6) is 3.11. The van der Waals surface area contributed by atoms with Crippen LogP contribution >= 0.6 is 0 Å². The van der Waals surface area contributed by atoms with Crippen molar-refractivity contribution in [3.05, 3.63) is 66.2 Å². The number of nitrogens with two attached hydrogens (primary N) is 2. The van der Waals surface area contributed by atoms with E-state index in [1.807, 2.05) is 30.3 Å². The van der Waals surface area contributed by atoms with E-state index in [0.717, 1.165) is 23.9 Å². The fraction of sp³-hybridized carbons (Fsp3) is 0.0625. The molecule has 0 aliphatic carbocycles. The third-order valence-corrected chi connectivity index (χ3v) is 3.78. The number of rotatable bonds is 4. The van der Waals surface area contributed by atoms with E-state index >= 15 is 0 Å². The average molecular weight is 387 g/mol. The second kappa shape index (κ2) is 9.13. The van der Waals surface area contributed by atoms with Crippen molar-refractivity contribution in [3.63, 3.8) is 0 Å². The Morgan fingerprint density at radius 1 is 1.00 bits per heavy atom. The Hall–Kier alpha value is -2.69. The second-order valence-electron chi connectivity index (χ2n) is 4.82. The monoisotopic (exact) mass is 387 g/mol. The van der Waals surface area contributed by atoms with Crippen LogP contribution in [-0.2, 0) is 14.8 Å². The number of nitrogens with one attached hydrogen (secondary N) is 1. The lowest BCUT2D eigenvalue weighted by Gasteiger charge is -2.00. The molecule has 2 aromatic carbocycles. The minimum Gasteiger partial charge on any atom is -0.324 e. The van der Waals surface area contributed by atoms with Crippen LogP contribution in [0.3, 0.4) is 0 Å².